The zero-order valence-corrected chi connectivity index (χ0v) is 17.8. The molecule has 1 heterocycles. The number of nitrogens with zero attached hydrogens (tertiary/aromatic N) is 2. The average molecular weight is 454 g/mol. The number of anilines is 1. The SMILES string of the molecule is O=C(CSCC(=O)N1CCN(Cc2c(F)cccc2Cl)CC1)Nc1ccc(F)cc1. The molecule has 1 saturated heterocycles. The minimum atomic E-state index is -0.370. The number of hydrogen-bond acceptors (Lipinski definition) is 4. The van der Waals surface area contributed by atoms with Crippen molar-refractivity contribution in [3.8, 4) is 0 Å². The number of halogens is 3. The van der Waals surface area contributed by atoms with Crippen molar-refractivity contribution in [1.82, 2.24) is 9.80 Å². The third kappa shape index (κ3) is 6.42. The molecule has 0 atom stereocenters. The summed E-state index contributed by atoms with van der Waals surface area (Å²) in [4.78, 5) is 28.1. The summed E-state index contributed by atoms with van der Waals surface area (Å²) in [6.45, 7) is 2.77. The molecule has 2 amide bonds. The Morgan fingerprint density at radius 1 is 1.00 bits per heavy atom. The number of benzene rings is 2. The summed E-state index contributed by atoms with van der Waals surface area (Å²) < 4.78 is 26.8. The van der Waals surface area contributed by atoms with E-state index in [1.807, 2.05) is 0 Å². The van der Waals surface area contributed by atoms with Gasteiger partial charge in [0.2, 0.25) is 11.8 Å². The van der Waals surface area contributed by atoms with Gasteiger partial charge in [0.15, 0.2) is 0 Å². The highest BCUT2D eigenvalue weighted by molar-refractivity contribution is 8.00. The first-order valence-electron chi connectivity index (χ1n) is 9.48. The van der Waals surface area contributed by atoms with Gasteiger partial charge in [0, 0.05) is 49.0 Å². The van der Waals surface area contributed by atoms with Crippen LogP contribution < -0.4 is 5.32 Å². The van der Waals surface area contributed by atoms with Crippen LogP contribution in [0.3, 0.4) is 0 Å². The van der Waals surface area contributed by atoms with Crippen molar-refractivity contribution in [1.29, 1.82) is 0 Å². The zero-order valence-electron chi connectivity index (χ0n) is 16.2. The average Bonchev–Trinajstić information content (AvgIpc) is 2.73. The Bertz CT molecular complexity index is 870. The van der Waals surface area contributed by atoms with E-state index in [1.54, 1.807) is 17.0 Å². The minimum absolute atomic E-state index is 0.0295. The molecule has 9 heteroatoms. The Morgan fingerprint density at radius 2 is 1.70 bits per heavy atom. The molecule has 2 aromatic carbocycles. The lowest BCUT2D eigenvalue weighted by Crippen LogP contribution is -2.49. The number of hydrogen-bond donors (Lipinski definition) is 1. The normalized spacial score (nSPS) is 14.6. The zero-order chi connectivity index (χ0) is 21.5. The van der Waals surface area contributed by atoms with Crippen LogP contribution in [0, 0.1) is 11.6 Å². The number of carbonyl (C=O) groups is 2. The summed E-state index contributed by atoms with van der Waals surface area (Å²) >= 11 is 7.32. The first-order valence-corrected chi connectivity index (χ1v) is 11.0. The number of thioether (sulfide) groups is 1. The quantitative estimate of drug-likeness (QED) is 0.695. The maximum absolute atomic E-state index is 13.9. The van der Waals surface area contributed by atoms with Gasteiger partial charge < -0.3 is 10.2 Å². The molecule has 0 radical (unpaired) electrons. The van der Waals surface area contributed by atoms with Crippen molar-refractivity contribution >= 4 is 40.9 Å². The van der Waals surface area contributed by atoms with Gasteiger partial charge in [0.1, 0.15) is 11.6 Å². The van der Waals surface area contributed by atoms with Gasteiger partial charge in [-0.05, 0) is 36.4 Å². The van der Waals surface area contributed by atoms with E-state index in [4.69, 9.17) is 11.6 Å². The van der Waals surface area contributed by atoms with Crippen LogP contribution in [0.1, 0.15) is 5.56 Å². The molecule has 0 aliphatic carbocycles. The minimum Gasteiger partial charge on any atom is -0.339 e. The molecule has 0 unspecified atom stereocenters. The van der Waals surface area contributed by atoms with E-state index in [0.717, 1.165) is 0 Å². The van der Waals surface area contributed by atoms with Crippen LogP contribution in [0.15, 0.2) is 42.5 Å². The van der Waals surface area contributed by atoms with E-state index in [-0.39, 0.29) is 35.0 Å². The molecule has 1 N–H and O–H groups in total. The van der Waals surface area contributed by atoms with E-state index in [9.17, 15) is 18.4 Å². The third-order valence-electron chi connectivity index (χ3n) is 4.76. The second-order valence-electron chi connectivity index (χ2n) is 6.91. The van der Waals surface area contributed by atoms with E-state index in [2.05, 4.69) is 10.2 Å². The lowest BCUT2D eigenvalue weighted by atomic mass is 10.2. The first kappa shape index (κ1) is 22.5. The highest BCUT2D eigenvalue weighted by Crippen LogP contribution is 2.21. The van der Waals surface area contributed by atoms with Gasteiger partial charge in [-0.2, -0.15) is 0 Å². The third-order valence-corrected chi connectivity index (χ3v) is 6.03. The van der Waals surface area contributed by atoms with Crippen molar-refractivity contribution in [2.24, 2.45) is 0 Å². The summed E-state index contributed by atoms with van der Waals surface area (Å²) in [6, 6.07) is 10.1. The summed E-state index contributed by atoms with van der Waals surface area (Å²) in [6.07, 6.45) is 0. The van der Waals surface area contributed by atoms with Crippen LogP contribution in [0.4, 0.5) is 14.5 Å². The Hall–Kier alpha value is -2.16. The Morgan fingerprint density at radius 3 is 2.37 bits per heavy atom. The molecule has 0 saturated carbocycles. The van der Waals surface area contributed by atoms with Crippen molar-refractivity contribution in [2.75, 3.05) is 43.0 Å². The fourth-order valence-corrected chi connectivity index (χ4v) is 4.05. The summed E-state index contributed by atoms with van der Waals surface area (Å²) in [5, 5.41) is 3.07. The van der Waals surface area contributed by atoms with Crippen LogP contribution in [0.25, 0.3) is 0 Å². The molecule has 0 bridgehead atoms. The fraction of sp³-hybridized carbons (Fsp3) is 0.333. The van der Waals surface area contributed by atoms with Crippen LogP contribution in [-0.4, -0.2) is 59.3 Å². The summed E-state index contributed by atoms with van der Waals surface area (Å²) in [5.74, 6) is -0.629. The lowest BCUT2D eigenvalue weighted by Gasteiger charge is -2.35. The Balaban J connectivity index is 1.37. The number of nitrogens with one attached hydrogen (secondary N) is 1. The number of carbonyl (C=O) groups excluding carboxylic acids is 2. The molecule has 1 aliphatic heterocycles. The second kappa shape index (κ2) is 10.7. The van der Waals surface area contributed by atoms with Crippen molar-refractivity contribution in [2.45, 2.75) is 6.54 Å². The Labute approximate surface area is 183 Å². The maximum Gasteiger partial charge on any atom is 0.234 e. The molecule has 5 nitrogen and oxygen atoms in total. The van der Waals surface area contributed by atoms with E-state index in [1.165, 1.54) is 42.1 Å². The molecule has 1 aliphatic rings. The van der Waals surface area contributed by atoms with Crippen LogP contribution in [0.5, 0.6) is 0 Å². The molecule has 160 valence electrons. The molecular formula is C21H22ClF2N3O2S. The van der Waals surface area contributed by atoms with Gasteiger partial charge in [-0.1, -0.05) is 17.7 Å². The molecular weight excluding hydrogens is 432 g/mol. The van der Waals surface area contributed by atoms with Crippen LogP contribution in [0.2, 0.25) is 5.02 Å². The smallest absolute Gasteiger partial charge is 0.234 e. The highest BCUT2D eigenvalue weighted by Gasteiger charge is 2.22. The van der Waals surface area contributed by atoms with Crippen molar-refractivity contribution in [3.05, 3.63) is 64.7 Å². The maximum atomic E-state index is 13.9. The van der Waals surface area contributed by atoms with E-state index >= 15 is 0 Å². The number of piperazine rings is 1. The topological polar surface area (TPSA) is 52.7 Å². The van der Waals surface area contributed by atoms with Gasteiger partial charge in [-0.15, -0.1) is 11.8 Å². The number of rotatable bonds is 7. The molecule has 30 heavy (non-hydrogen) atoms. The standard InChI is InChI=1S/C21H22ClF2N3O2S/c22-18-2-1-3-19(24)17(18)12-26-8-10-27(11-9-26)21(29)14-30-13-20(28)25-16-6-4-15(23)5-7-16/h1-7H,8-14H2,(H,25,28). The van der Waals surface area contributed by atoms with Gasteiger partial charge in [-0.3, -0.25) is 14.5 Å². The second-order valence-corrected chi connectivity index (χ2v) is 8.30. The predicted molar refractivity (Wildman–Crippen MR) is 116 cm³/mol. The van der Waals surface area contributed by atoms with E-state index < -0.39 is 0 Å². The largest absolute Gasteiger partial charge is 0.339 e. The van der Waals surface area contributed by atoms with Crippen LogP contribution >= 0.6 is 23.4 Å². The Kier molecular flexibility index (Phi) is 8.07. The molecule has 0 aromatic heterocycles. The van der Waals surface area contributed by atoms with Crippen molar-refractivity contribution in [3.63, 3.8) is 0 Å². The van der Waals surface area contributed by atoms with Gasteiger partial charge in [0.25, 0.3) is 0 Å². The summed E-state index contributed by atoms with van der Waals surface area (Å²) in [5.41, 5.74) is 0.987. The highest BCUT2D eigenvalue weighted by atomic mass is 35.5. The molecule has 3 rings (SSSR count). The first-order chi connectivity index (χ1) is 14.4. The van der Waals surface area contributed by atoms with Gasteiger partial charge in [-0.25, -0.2) is 8.78 Å². The molecule has 1 fully saturated rings. The van der Waals surface area contributed by atoms with Crippen molar-refractivity contribution < 1.29 is 18.4 Å². The van der Waals surface area contributed by atoms with E-state index in [0.29, 0.717) is 49.0 Å². The van der Waals surface area contributed by atoms with Gasteiger partial charge in [0.05, 0.1) is 11.5 Å². The summed E-state index contributed by atoms with van der Waals surface area (Å²) in [7, 11) is 0. The lowest BCUT2D eigenvalue weighted by molar-refractivity contribution is -0.130. The van der Waals surface area contributed by atoms with Gasteiger partial charge >= 0.3 is 0 Å². The van der Waals surface area contributed by atoms with Crippen LogP contribution in [-0.2, 0) is 16.1 Å². The monoisotopic (exact) mass is 453 g/mol. The predicted octanol–water partition coefficient (Wildman–Crippen LogP) is 3.63. The molecule has 2 aromatic rings. The molecule has 0 spiro atoms. The number of amides is 2. The fourth-order valence-electron chi connectivity index (χ4n) is 3.12.